The molecule has 1 aromatic rings. The number of rotatable bonds is 2. The van der Waals surface area contributed by atoms with Crippen LogP contribution in [0.2, 0.25) is 0 Å². The van der Waals surface area contributed by atoms with Gasteiger partial charge in [-0.25, -0.2) is 4.39 Å². The first kappa shape index (κ1) is 13.5. The average Bonchev–Trinajstić information content (AvgIpc) is 2.33. The van der Waals surface area contributed by atoms with Crippen molar-refractivity contribution in [2.75, 3.05) is 5.32 Å². The Morgan fingerprint density at radius 2 is 2.00 bits per heavy atom. The molecule has 0 aromatic heterocycles. The number of carbonyl (C=O) groups excluding carboxylic acids is 1. The fourth-order valence-corrected chi connectivity index (χ4v) is 2.66. The molecule has 3 nitrogen and oxygen atoms in total. The fourth-order valence-electron chi connectivity index (χ4n) is 2.21. The van der Waals surface area contributed by atoms with Crippen LogP contribution in [-0.4, -0.2) is 11.9 Å². The molecule has 0 atom stereocenters. The first-order valence-corrected chi connectivity index (χ1v) is 6.87. The number of nitrogens with two attached hydrogens (primary N) is 1. The van der Waals surface area contributed by atoms with Gasteiger partial charge >= 0.3 is 0 Å². The highest BCUT2D eigenvalue weighted by Gasteiger charge is 2.24. The maximum Gasteiger partial charge on any atom is 0.227 e. The number of benzene rings is 1. The van der Waals surface area contributed by atoms with E-state index in [1.807, 2.05) is 0 Å². The number of nitrogens with one attached hydrogen (secondary N) is 1. The van der Waals surface area contributed by atoms with Crippen LogP contribution in [0.25, 0.3) is 0 Å². The minimum atomic E-state index is -0.330. The molecule has 0 heterocycles. The Bertz CT molecular complexity index is 445. The normalized spacial score (nSPS) is 23.7. The van der Waals surface area contributed by atoms with Crippen LogP contribution in [-0.2, 0) is 4.79 Å². The monoisotopic (exact) mass is 314 g/mol. The number of amides is 1. The Hall–Kier alpha value is -0.940. The summed E-state index contributed by atoms with van der Waals surface area (Å²) in [5.41, 5.74) is 6.42. The molecule has 1 amide bonds. The molecule has 5 heteroatoms. The Morgan fingerprint density at radius 1 is 1.33 bits per heavy atom. The van der Waals surface area contributed by atoms with E-state index in [0.717, 1.165) is 25.7 Å². The highest BCUT2D eigenvalue weighted by atomic mass is 79.9. The third-order valence-corrected chi connectivity index (χ3v) is 3.99. The third-order valence-electron chi connectivity index (χ3n) is 3.33. The predicted molar refractivity (Wildman–Crippen MR) is 72.7 cm³/mol. The molecule has 0 unspecified atom stereocenters. The molecule has 0 radical (unpaired) electrons. The molecule has 0 saturated heterocycles. The second kappa shape index (κ2) is 5.80. The molecule has 1 aliphatic rings. The highest BCUT2D eigenvalue weighted by Crippen LogP contribution is 2.27. The van der Waals surface area contributed by atoms with Crippen LogP contribution >= 0.6 is 15.9 Å². The summed E-state index contributed by atoms with van der Waals surface area (Å²) < 4.78 is 13.5. The summed E-state index contributed by atoms with van der Waals surface area (Å²) in [5, 5.41) is 2.83. The van der Waals surface area contributed by atoms with Gasteiger partial charge in [0.25, 0.3) is 0 Å². The molecule has 1 aliphatic carbocycles. The van der Waals surface area contributed by atoms with Crippen molar-refractivity contribution in [2.45, 2.75) is 31.7 Å². The van der Waals surface area contributed by atoms with Crippen LogP contribution in [0.3, 0.4) is 0 Å². The maximum absolute atomic E-state index is 12.9. The Labute approximate surface area is 114 Å². The number of carbonyl (C=O) groups is 1. The molecule has 1 saturated carbocycles. The molecule has 1 aromatic carbocycles. The predicted octanol–water partition coefficient (Wildman–Crippen LogP) is 3.04. The molecule has 0 aliphatic heterocycles. The zero-order valence-electron chi connectivity index (χ0n) is 9.96. The lowest BCUT2D eigenvalue weighted by molar-refractivity contribution is -0.120. The van der Waals surface area contributed by atoms with Gasteiger partial charge in [-0.15, -0.1) is 0 Å². The highest BCUT2D eigenvalue weighted by molar-refractivity contribution is 9.10. The number of hydrogen-bond donors (Lipinski definition) is 2. The first-order valence-electron chi connectivity index (χ1n) is 6.08. The van der Waals surface area contributed by atoms with E-state index in [1.165, 1.54) is 12.1 Å². The first-order chi connectivity index (χ1) is 8.56. The van der Waals surface area contributed by atoms with Crippen molar-refractivity contribution < 1.29 is 9.18 Å². The van der Waals surface area contributed by atoms with E-state index in [4.69, 9.17) is 5.73 Å². The minimum absolute atomic E-state index is 0.00536. The molecule has 18 heavy (non-hydrogen) atoms. The van der Waals surface area contributed by atoms with Crippen molar-refractivity contribution in [2.24, 2.45) is 11.7 Å². The Morgan fingerprint density at radius 3 is 2.61 bits per heavy atom. The van der Waals surface area contributed by atoms with Gasteiger partial charge in [0.1, 0.15) is 5.82 Å². The van der Waals surface area contributed by atoms with Crippen molar-refractivity contribution in [3.63, 3.8) is 0 Å². The average molecular weight is 315 g/mol. The standard InChI is InChI=1S/C13H16BrFN2O/c14-11-7-9(15)3-6-12(11)17-13(18)8-1-4-10(16)5-2-8/h3,6-8,10H,1-2,4-5,16H2,(H,17,18). The van der Waals surface area contributed by atoms with Crippen LogP contribution in [0.1, 0.15) is 25.7 Å². The quantitative estimate of drug-likeness (QED) is 0.881. The zero-order valence-corrected chi connectivity index (χ0v) is 11.5. The van der Waals surface area contributed by atoms with Crippen molar-refractivity contribution in [1.82, 2.24) is 0 Å². The Kier molecular flexibility index (Phi) is 4.35. The topological polar surface area (TPSA) is 55.1 Å². The summed E-state index contributed by atoms with van der Waals surface area (Å²) in [6.07, 6.45) is 3.43. The Balaban J connectivity index is 1.98. The van der Waals surface area contributed by atoms with Gasteiger partial charge < -0.3 is 11.1 Å². The summed E-state index contributed by atoms with van der Waals surface area (Å²) in [5.74, 6) is -0.320. The van der Waals surface area contributed by atoms with E-state index >= 15 is 0 Å². The lowest BCUT2D eigenvalue weighted by atomic mass is 9.86. The van der Waals surface area contributed by atoms with E-state index in [2.05, 4.69) is 21.2 Å². The number of hydrogen-bond acceptors (Lipinski definition) is 2. The summed E-state index contributed by atoms with van der Waals surface area (Å²) in [7, 11) is 0. The molecule has 1 fully saturated rings. The molecule has 98 valence electrons. The van der Waals surface area contributed by atoms with E-state index in [-0.39, 0.29) is 23.7 Å². The van der Waals surface area contributed by atoms with Gasteiger partial charge in [-0.3, -0.25) is 4.79 Å². The van der Waals surface area contributed by atoms with Crippen molar-refractivity contribution in [1.29, 1.82) is 0 Å². The third kappa shape index (κ3) is 3.29. The van der Waals surface area contributed by atoms with E-state index in [1.54, 1.807) is 6.07 Å². The van der Waals surface area contributed by atoms with Crippen molar-refractivity contribution in [3.8, 4) is 0 Å². The second-order valence-corrected chi connectivity index (χ2v) is 5.58. The van der Waals surface area contributed by atoms with Crippen molar-refractivity contribution >= 4 is 27.5 Å². The largest absolute Gasteiger partial charge is 0.328 e. The summed E-state index contributed by atoms with van der Waals surface area (Å²) in [6, 6.07) is 4.46. The SMILES string of the molecule is NC1CCC(C(=O)Nc2ccc(F)cc2Br)CC1. The molecule has 0 bridgehead atoms. The zero-order chi connectivity index (χ0) is 13.1. The van der Waals surface area contributed by atoms with Crippen LogP contribution in [0.4, 0.5) is 10.1 Å². The van der Waals surface area contributed by atoms with E-state index < -0.39 is 0 Å². The molecular formula is C13H16BrFN2O. The van der Waals surface area contributed by atoms with Crippen molar-refractivity contribution in [3.05, 3.63) is 28.5 Å². The lowest BCUT2D eigenvalue weighted by Gasteiger charge is -2.25. The van der Waals surface area contributed by atoms with Gasteiger partial charge in [-0.1, -0.05) is 0 Å². The van der Waals surface area contributed by atoms with E-state index in [0.29, 0.717) is 10.2 Å². The second-order valence-electron chi connectivity index (χ2n) is 4.73. The summed E-state index contributed by atoms with van der Waals surface area (Å²) in [4.78, 5) is 12.0. The number of halogens is 2. The molecular weight excluding hydrogens is 299 g/mol. The molecule has 0 spiro atoms. The van der Waals surface area contributed by atoms with Gasteiger partial charge in [0.05, 0.1) is 5.69 Å². The van der Waals surface area contributed by atoms with Gasteiger partial charge in [-0.2, -0.15) is 0 Å². The van der Waals surface area contributed by atoms with Gasteiger partial charge in [-0.05, 0) is 59.8 Å². The van der Waals surface area contributed by atoms with E-state index in [9.17, 15) is 9.18 Å². The van der Waals surface area contributed by atoms with Crippen LogP contribution in [0, 0.1) is 11.7 Å². The maximum atomic E-state index is 12.9. The van der Waals surface area contributed by atoms with Gasteiger partial charge in [0.2, 0.25) is 5.91 Å². The molecule has 3 N–H and O–H groups in total. The van der Waals surface area contributed by atoms with Crippen LogP contribution in [0.5, 0.6) is 0 Å². The summed E-state index contributed by atoms with van der Waals surface area (Å²) in [6.45, 7) is 0. The summed E-state index contributed by atoms with van der Waals surface area (Å²) >= 11 is 3.23. The van der Waals surface area contributed by atoms with Gasteiger partial charge in [0.15, 0.2) is 0 Å². The number of anilines is 1. The fraction of sp³-hybridized carbons (Fsp3) is 0.462. The van der Waals surface area contributed by atoms with Crippen LogP contribution < -0.4 is 11.1 Å². The van der Waals surface area contributed by atoms with Crippen LogP contribution in [0.15, 0.2) is 22.7 Å². The molecule has 2 rings (SSSR count). The van der Waals surface area contributed by atoms with Gasteiger partial charge in [0, 0.05) is 16.4 Å². The lowest BCUT2D eigenvalue weighted by Crippen LogP contribution is -2.32. The smallest absolute Gasteiger partial charge is 0.227 e. The minimum Gasteiger partial charge on any atom is -0.328 e.